The van der Waals surface area contributed by atoms with Crippen LogP contribution in [0.3, 0.4) is 0 Å². The minimum Gasteiger partial charge on any atom is -0.372 e. The fourth-order valence-electron chi connectivity index (χ4n) is 2.07. The first-order valence-electron chi connectivity index (χ1n) is 5.67. The Balaban J connectivity index is 1.86. The lowest BCUT2D eigenvalue weighted by Crippen LogP contribution is -2.30. The number of rotatable bonds is 2. The van der Waals surface area contributed by atoms with Crippen molar-refractivity contribution in [1.82, 2.24) is 9.97 Å². The van der Waals surface area contributed by atoms with E-state index >= 15 is 0 Å². The average molecular weight is 246 g/mol. The van der Waals surface area contributed by atoms with Gasteiger partial charge in [-0.3, -0.25) is 4.98 Å². The predicted octanol–water partition coefficient (Wildman–Crippen LogP) is 2.14. The molecule has 2 aromatic rings. The smallest absolute Gasteiger partial charge is 0.149 e. The van der Waals surface area contributed by atoms with Gasteiger partial charge in [-0.2, -0.15) is 0 Å². The fourth-order valence-corrected chi connectivity index (χ4v) is 2.96. The molecule has 0 fully saturated rings. The molecular formula is C12H14N4S. The van der Waals surface area contributed by atoms with Crippen LogP contribution in [0.1, 0.15) is 10.4 Å². The molecule has 1 aliphatic heterocycles. The van der Waals surface area contributed by atoms with E-state index in [1.54, 1.807) is 6.20 Å². The van der Waals surface area contributed by atoms with E-state index < -0.39 is 0 Å². The van der Waals surface area contributed by atoms with Crippen LogP contribution in [0.2, 0.25) is 0 Å². The highest BCUT2D eigenvalue weighted by Gasteiger charge is 2.18. The lowest BCUT2D eigenvalue weighted by molar-refractivity contribution is 0.730. The third-order valence-corrected chi connectivity index (χ3v) is 4.03. The molecule has 3 rings (SSSR count). The number of thiophene rings is 1. The van der Waals surface area contributed by atoms with Crippen molar-refractivity contribution < 1.29 is 0 Å². The normalized spacial score (nSPS) is 14.5. The topological polar surface area (TPSA) is 41.1 Å². The molecule has 0 unspecified atom stereocenters. The second-order valence-corrected chi connectivity index (χ2v) is 5.05. The molecule has 0 saturated heterocycles. The van der Waals surface area contributed by atoms with Crippen molar-refractivity contribution in [3.63, 3.8) is 0 Å². The summed E-state index contributed by atoms with van der Waals surface area (Å²) in [6.07, 6.45) is 4.68. The number of anilines is 2. The summed E-state index contributed by atoms with van der Waals surface area (Å²) in [7, 11) is 1.86. The van der Waals surface area contributed by atoms with E-state index in [4.69, 9.17) is 0 Å². The molecule has 88 valence electrons. The Morgan fingerprint density at radius 3 is 3.24 bits per heavy atom. The van der Waals surface area contributed by atoms with Gasteiger partial charge in [-0.05, 0) is 23.4 Å². The second-order valence-electron chi connectivity index (χ2n) is 4.05. The molecule has 0 atom stereocenters. The maximum atomic E-state index is 4.53. The maximum Gasteiger partial charge on any atom is 0.149 e. The maximum absolute atomic E-state index is 4.53. The standard InChI is InChI=1S/C12H14N4S/c1-13-11-6-14-7-12(15-11)16-4-2-10-9(8-16)3-5-17-10/h3,5-7H,2,4,8H2,1H3,(H,13,15). The largest absolute Gasteiger partial charge is 0.372 e. The Hall–Kier alpha value is -1.62. The molecule has 0 bridgehead atoms. The third kappa shape index (κ3) is 1.98. The van der Waals surface area contributed by atoms with Gasteiger partial charge in [0.05, 0.1) is 12.4 Å². The summed E-state index contributed by atoms with van der Waals surface area (Å²) in [5.74, 6) is 1.77. The van der Waals surface area contributed by atoms with Gasteiger partial charge in [0.1, 0.15) is 11.6 Å². The Bertz CT molecular complexity index is 523. The van der Waals surface area contributed by atoms with Crippen LogP contribution in [-0.2, 0) is 13.0 Å². The number of nitrogens with one attached hydrogen (secondary N) is 1. The molecule has 0 aliphatic carbocycles. The summed E-state index contributed by atoms with van der Waals surface area (Å²) >= 11 is 1.86. The molecule has 0 radical (unpaired) electrons. The van der Waals surface area contributed by atoms with Gasteiger partial charge >= 0.3 is 0 Å². The van der Waals surface area contributed by atoms with Crippen molar-refractivity contribution in [2.24, 2.45) is 0 Å². The Morgan fingerprint density at radius 2 is 2.35 bits per heavy atom. The summed E-state index contributed by atoms with van der Waals surface area (Å²) < 4.78 is 0. The summed E-state index contributed by atoms with van der Waals surface area (Å²) in [6.45, 7) is 1.97. The van der Waals surface area contributed by atoms with Gasteiger partial charge in [-0.25, -0.2) is 4.98 Å². The van der Waals surface area contributed by atoms with Crippen molar-refractivity contribution in [2.75, 3.05) is 23.8 Å². The first-order valence-corrected chi connectivity index (χ1v) is 6.55. The Morgan fingerprint density at radius 1 is 1.41 bits per heavy atom. The van der Waals surface area contributed by atoms with Gasteiger partial charge in [0.15, 0.2) is 0 Å². The van der Waals surface area contributed by atoms with Crippen LogP contribution in [0.4, 0.5) is 11.6 Å². The number of hydrogen-bond donors (Lipinski definition) is 1. The quantitative estimate of drug-likeness (QED) is 0.881. The molecule has 0 spiro atoms. The van der Waals surface area contributed by atoms with Crippen LogP contribution in [-0.4, -0.2) is 23.6 Å². The van der Waals surface area contributed by atoms with E-state index in [2.05, 4.69) is 31.6 Å². The molecule has 0 saturated carbocycles. The molecule has 0 aromatic carbocycles. The van der Waals surface area contributed by atoms with Crippen LogP contribution < -0.4 is 10.2 Å². The minimum atomic E-state index is 0.818. The highest BCUT2D eigenvalue weighted by molar-refractivity contribution is 7.10. The monoisotopic (exact) mass is 246 g/mol. The third-order valence-electron chi connectivity index (χ3n) is 3.01. The van der Waals surface area contributed by atoms with Crippen molar-refractivity contribution >= 4 is 23.0 Å². The lowest BCUT2D eigenvalue weighted by atomic mass is 10.1. The zero-order valence-electron chi connectivity index (χ0n) is 9.68. The highest BCUT2D eigenvalue weighted by atomic mass is 32.1. The fraction of sp³-hybridized carbons (Fsp3) is 0.333. The number of aromatic nitrogens is 2. The molecule has 17 heavy (non-hydrogen) atoms. The second kappa shape index (κ2) is 4.33. The first kappa shape index (κ1) is 10.5. The Kier molecular flexibility index (Phi) is 2.68. The van der Waals surface area contributed by atoms with Crippen LogP contribution in [0.15, 0.2) is 23.8 Å². The molecule has 0 amide bonds. The molecule has 5 heteroatoms. The first-order chi connectivity index (χ1) is 8.36. The number of fused-ring (bicyclic) bond motifs is 1. The van der Waals surface area contributed by atoms with E-state index in [1.165, 1.54) is 10.4 Å². The zero-order chi connectivity index (χ0) is 11.7. The molecule has 4 nitrogen and oxygen atoms in total. The summed E-state index contributed by atoms with van der Waals surface area (Å²) in [6, 6.07) is 2.21. The van der Waals surface area contributed by atoms with E-state index in [9.17, 15) is 0 Å². The van der Waals surface area contributed by atoms with E-state index in [1.807, 2.05) is 24.6 Å². The van der Waals surface area contributed by atoms with Crippen LogP contribution >= 0.6 is 11.3 Å². The van der Waals surface area contributed by atoms with Crippen LogP contribution in [0, 0.1) is 0 Å². The average Bonchev–Trinajstić information content (AvgIpc) is 2.86. The van der Waals surface area contributed by atoms with Crippen molar-refractivity contribution in [1.29, 1.82) is 0 Å². The van der Waals surface area contributed by atoms with Gasteiger partial charge in [-0.15, -0.1) is 11.3 Å². The van der Waals surface area contributed by atoms with Crippen LogP contribution in [0.5, 0.6) is 0 Å². The van der Waals surface area contributed by atoms with Crippen LogP contribution in [0.25, 0.3) is 0 Å². The lowest BCUT2D eigenvalue weighted by Gasteiger charge is -2.27. The van der Waals surface area contributed by atoms with E-state index in [-0.39, 0.29) is 0 Å². The summed E-state index contributed by atoms with van der Waals surface area (Å²) in [5.41, 5.74) is 1.43. The van der Waals surface area contributed by atoms with Gasteiger partial charge in [-0.1, -0.05) is 0 Å². The van der Waals surface area contributed by atoms with Gasteiger partial charge in [0, 0.05) is 25.0 Å². The summed E-state index contributed by atoms with van der Waals surface area (Å²) in [4.78, 5) is 12.5. The SMILES string of the molecule is CNc1cncc(N2CCc3sccc3C2)n1. The molecule has 2 aromatic heterocycles. The predicted molar refractivity (Wildman–Crippen MR) is 70.7 cm³/mol. The van der Waals surface area contributed by atoms with E-state index in [0.717, 1.165) is 31.1 Å². The van der Waals surface area contributed by atoms with Crippen molar-refractivity contribution in [3.8, 4) is 0 Å². The van der Waals surface area contributed by atoms with Gasteiger partial charge < -0.3 is 10.2 Å². The highest BCUT2D eigenvalue weighted by Crippen LogP contribution is 2.26. The van der Waals surface area contributed by atoms with Gasteiger partial charge in [0.2, 0.25) is 0 Å². The van der Waals surface area contributed by atoms with Gasteiger partial charge in [0.25, 0.3) is 0 Å². The van der Waals surface area contributed by atoms with Crippen molar-refractivity contribution in [2.45, 2.75) is 13.0 Å². The minimum absolute atomic E-state index is 0.818. The molecule has 1 aliphatic rings. The summed E-state index contributed by atoms with van der Waals surface area (Å²) in [5, 5.41) is 5.19. The Labute approximate surface area is 104 Å². The van der Waals surface area contributed by atoms with E-state index in [0.29, 0.717) is 0 Å². The van der Waals surface area contributed by atoms with Crippen molar-refractivity contribution in [3.05, 3.63) is 34.3 Å². The molecule has 3 heterocycles. The molecular weight excluding hydrogens is 232 g/mol. The number of nitrogens with zero attached hydrogens (tertiary/aromatic N) is 3. The zero-order valence-corrected chi connectivity index (χ0v) is 10.5. The molecule has 1 N–H and O–H groups in total. The number of hydrogen-bond acceptors (Lipinski definition) is 5.